The Morgan fingerprint density at radius 1 is 1.17 bits per heavy atom. The van der Waals surface area contributed by atoms with Crippen molar-refractivity contribution < 1.29 is 4.79 Å². The maximum Gasteiger partial charge on any atom is 0.225 e. The van der Waals surface area contributed by atoms with Gasteiger partial charge in [0.15, 0.2) is 0 Å². The fourth-order valence-electron chi connectivity index (χ4n) is 4.61. The van der Waals surface area contributed by atoms with Crippen LogP contribution in [0.25, 0.3) is 0 Å². The molecule has 2 fully saturated rings. The second-order valence-corrected chi connectivity index (χ2v) is 8.91. The third-order valence-electron chi connectivity index (χ3n) is 6.26. The van der Waals surface area contributed by atoms with E-state index in [1.165, 1.54) is 25.7 Å². The lowest BCUT2D eigenvalue weighted by molar-refractivity contribution is -0.116. The largest absolute Gasteiger partial charge is 0.385 e. The lowest BCUT2D eigenvalue weighted by atomic mass is 9.90. The van der Waals surface area contributed by atoms with Crippen LogP contribution >= 0.6 is 11.6 Å². The Morgan fingerprint density at radius 2 is 1.86 bits per heavy atom. The Balaban J connectivity index is 1.16. The maximum atomic E-state index is 11.2. The highest BCUT2D eigenvalue weighted by Gasteiger charge is 2.43. The van der Waals surface area contributed by atoms with Gasteiger partial charge < -0.3 is 10.2 Å². The Morgan fingerprint density at radius 3 is 2.52 bits per heavy atom. The molecule has 1 N–H and O–H groups in total. The number of carbonyl (C=O) groups excluding carboxylic acids is 1. The molecule has 2 atom stereocenters. The number of rotatable bonds is 8. The van der Waals surface area contributed by atoms with E-state index in [4.69, 9.17) is 11.6 Å². The number of nitrogens with zero attached hydrogens (tertiary/aromatic N) is 3. The monoisotopic (exact) mass is 412 g/mol. The predicted octanol–water partition coefficient (Wildman–Crippen LogP) is 4.62. The summed E-state index contributed by atoms with van der Waals surface area (Å²) in [7, 11) is 0. The summed E-state index contributed by atoms with van der Waals surface area (Å²) in [6.07, 6.45) is 8.96. The van der Waals surface area contributed by atoms with Crippen molar-refractivity contribution in [1.82, 2.24) is 9.97 Å². The van der Waals surface area contributed by atoms with Crippen LogP contribution in [-0.4, -0.2) is 35.4 Å². The smallest absolute Gasteiger partial charge is 0.225 e. The molecule has 6 heteroatoms. The summed E-state index contributed by atoms with van der Waals surface area (Å²) >= 11 is 5.88. The number of halogens is 1. The Hall–Kier alpha value is -2.14. The fraction of sp³-hybridized carbons (Fsp3) is 0.522. The standard InChI is InChI=1S/C23H29ClN4O/c1-16(29)12-17-2-4-21(5-3-17)25-9-6-19-13-22(19)18-7-10-28(11-8-18)23-26-14-20(24)15-27-23/h2-5,14-15,18-19,22,25H,6-13H2,1H3/t19-,22-/m1/s1. The van der Waals surface area contributed by atoms with Crippen LogP contribution in [0, 0.1) is 17.8 Å². The number of carbonyl (C=O) groups is 1. The highest BCUT2D eigenvalue weighted by Crippen LogP contribution is 2.49. The SMILES string of the molecule is CC(=O)Cc1ccc(NCC[C@@H]2C[C@@H]2C2CCN(c3ncc(Cl)cn3)CC2)cc1. The highest BCUT2D eigenvalue weighted by atomic mass is 35.5. The van der Waals surface area contributed by atoms with Gasteiger partial charge in [0.05, 0.1) is 17.4 Å². The summed E-state index contributed by atoms with van der Waals surface area (Å²) in [4.78, 5) is 22.2. The van der Waals surface area contributed by atoms with Gasteiger partial charge in [-0.3, -0.25) is 4.79 Å². The van der Waals surface area contributed by atoms with Crippen LogP contribution in [0.5, 0.6) is 0 Å². The Labute approximate surface area is 177 Å². The number of nitrogens with one attached hydrogen (secondary N) is 1. The zero-order valence-corrected chi connectivity index (χ0v) is 17.7. The van der Waals surface area contributed by atoms with Gasteiger partial charge >= 0.3 is 0 Å². The predicted molar refractivity (Wildman–Crippen MR) is 118 cm³/mol. The molecule has 0 bridgehead atoms. The molecule has 1 aromatic heterocycles. The molecular weight excluding hydrogens is 384 g/mol. The number of benzene rings is 1. The van der Waals surface area contributed by atoms with Crippen LogP contribution in [0.2, 0.25) is 5.02 Å². The van der Waals surface area contributed by atoms with Gasteiger partial charge in [-0.25, -0.2) is 9.97 Å². The molecule has 1 aliphatic heterocycles. The Bertz CT molecular complexity index is 816. The lowest BCUT2D eigenvalue weighted by Crippen LogP contribution is -2.35. The van der Waals surface area contributed by atoms with Crippen molar-refractivity contribution in [2.75, 3.05) is 29.9 Å². The molecule has 0 amide bonds. The number of Topliss-reactive ketones (excluding diaryl/α,β-unsaturated/α-hetero) is 1. The molecule has 5 nitrogen and oxygen atoms in total. The van der Waals surface area contributed by atoms with E-state index in [0.717, 1.165) is 54.6 Å². The van der Waals surface area contributed by atoms with E-state index in [9.17, 15) is 4.79 Å². The number of anilines is 2. The van der Waals surface area contributed by atoms with Gasteiger partial charge in [0.2, 0.25) is 5.95 Å². The van der Waals surface area contributed by atoms with E-state index in [-0.39, 0.29) is 5.78 Å². The minimum absolute atomic E-state index is 0.206. The number of aromatic nitrogens is 2. The first-order chi connectivity index (χ1) is 14.1. The summed E-state index contributed by atoms with van der Waals surface area (Å²) in [6, 6.07) is 8.25. The third-order valence-corrected chi connectivity index (χ3v) is 6.46. The minimum atomic E-state index is 0.206. The van der Waals surface area contributed by atoms with Crippen molar-refractivity contribution in [1.29, 1.82) is 0 Å². The minimum Gasteiger partial charge on any atom is -0.385 e. The molecular formula is C23H29ClN4O. The van der Waals surface area contributed by atoms with E-state index in [2.05, 4.69) is 32.3 Å². The van der Waals surface area contributed by atoms with Gasteiger partial charge in [0, 0.05) is 31.7 Å². The van der Waals surface area contributed by atoms with E-state index in [1.54, 1.807) is 19.3 Å². The zero-order valence-electron chi connectivity index (χ0n) is 17.0. The normalized spacial score (nSPS) is 21.8. The van der Waals surface area contributed by atoms with Crippen molar-refractivity contribution in [3.63, 3.8) is 0 Å². The van der Waals surface area contributed by atoms with Crippen LogP contribution in [-0.2, 0) is 11.2 Å². The zero-order chi connectivity index (χ0) is 20.2. The van der Waals surface area contributed by atoms with Crippen molar-refractivity contribution >= 4 is 29.0 Å². The van der Waals surface area contributed by atoms with Crippen molar-refractivity contribution in [2.45, 2.75) is 39.0 Å². The molecule has 2 aromatic rings. The quantitative estimate of drug-likeness (QED) is 0.685. The van der Waals surface area contributed by atoms with Gasteiger partial charge in [-0.2, -0.15) is 0 Å². The first-order valence-corrected chi connectivity index (χ1v) is 11.0. The van der Waals surface area contributed by atoms with Crippen LogP contribution in [0.3, 0.4) is 0 Å². The number of piperidine rings is 1. The summed E-state index contributed by atoms with van der Waals surface area (Å²) in [6.45, 7) is 4.74. The first-order valence-electron chi connectivity index (χ1n) is 10.6. The van der Waals surface area contributed by atoms with Crippen molar-refractivity contribution in [3.05, 3.63) is 47.2 Å². The average Bonchev–Trinajstić information content (AvgIpc) is 3.49. The molecule has 1 saturated heterocycles. The molecule has 1 aromatic carbocycles. The molecule has 0 spiro atoms. The van der Waals surface area contributed by atoms with Gasteiger partial charge in [-0.05, 0) is 68.1 Å². The third kappa shape index (κ3) is 5.47. The summed E-state index contributed by atoms with van der Waals surface area (Å²) in [5.41, 5.74) is 2.23. The van der Waals surface area contributed by atoms with Gasteiger partial charge in [-0.15, -0.1) is 0 Å². The van der Waals surface area contributed by atoms with Crippen LogP contribution < -0.4 is 10.2 Å². The second-order valence-electron chi connectivity index (χ2n) is 8.48. The number of hydrogen-bond donors (Lipinski definition) is 1. The molecule has 0 radical (unpaired) electrons. The average molecular weight is 413 g/mol. The van der Waals surface area contributed by atoms with E-state index < -0.39 is 0 Å². The van der Waals surface area contributed by atoms with E-state index in [1.807, 2.05) is 12.1 Å². The van der Waals surface area contributed by atoms with Gasteiger partial charge in [0.1, 0.15) is 5.78 Å². The first kappa shape index (κ1) is 20.1. The van der Waals surface area contributed by atoms with Crippen LogP contribution in [0.15, 0.2) is 36.7 Å². The van der Waals surface area contributed by atoms with E-state index in [0.29, 0.717) is 11.4 Å². The summed E-state index contributed by atoms with van der Waals surface area (Å²) < 4.78 is 0. The molecule has 0 unspecified atom stereocenters. The maximum absolute atomic E-state index is 11.2. The molecule has 154 valence electrons. The van der Waals surface area contributed by atoms with Crippen LogP contribution in [0.1, 0.15) is 38.2 Å². The highest BCUT2D eigenvalue weighted by molar-refractivity contribution is 6.30. The van der Waals surface area contributed by atoms with E-state index >= 15 is 0 Å². The summed E-state index contributed by atoms with van der Waals surface area (Å²) in [5.74, 6) is 3.61. The fourth-order valence-corrected chi connectivity index (χ4v) is 4.70. The molecule has 2 heterocycles. The van der Waals surface area contributed by atoms with Crippen molar-refractivity contribution in [2.24, 2.45) is 17.8 Å². The van der Waals surface area contributed by atoms with Gasteiger partial charge in [-0.1, -0.05) is 23.7 Å². The molecule has 29 heavy (non-hydrogen) atoms. The molecule has 1 aliphatic carbocycles. The van der Waals surface area contributed by atoms with Crippen LogP contribution in [0.4, 0.5) is 11.6 Å². The molecule has 2 aliphatic rings. The number of hydrogen-bond acceptors (Lipinski definition) is 5. The Kier molecular flexibility index (Phi) is 6.34. The molecule has 4 rings (SSSR count). The van der Waals surface area contributed by atoms with Gasteiger partial charge in [0.25, 0.3) is 0 Å². The summed E-state index contributed by atoms with van der Waals surface area (Å²) in [5, 5.41) is 4.12. The lowest BCUT2D eigenvalue weighted by Gasteiger charge is -2.32. The molecule has 1 saturated carbocycles. The topological polar surface area (TPSA) is 58.1 Å². The number of ketones is 1. The second kappa shape index (κ2) is 9.12. The van der Waals surface area contributed by atoms with Crippen molar-refractivity contribution in [3.8, 4) is 0 Å².